The van der Waals surface area contributed by atoms with Crippen molar-refractivity contribution < 1.29 is 9.59 Å². The van der Waals surface area contributed by atoms with Gasteiger partial charge in [0.15, 0.2) is 6.29 Å². The number of amides is 1. The molecule has 112 valence electrons. The topological polar surface area (TPSA) is 65.2 Å². The molecular formula is C15H25N3O2. The Balaban J connectivity index is 2.51. The molecule has 1 rings (SSSR count). The van der Waals surface area contributed by atoms with Crippen LogP contribution in [-0.2, 0) is 11.2 Å². The number of hydrogen-bond donors (Lipinski definition) is 2. The first kappa shape index (κ1) is 16.4. The van der Waals surface area contributed by atoms with Crippen molar-refractivity contribution in [3.63, 3.8) is 0 Å². The molecule has 0 radical (unpaired) electrons. The molecule has 0 aromatic carbocycles. The average molecular weight is 279 g/mol. The minimum Gasteiger partial charge on any atom is -0.356 e. The van der Waals surface area contributed by atoms with Crippen molar-refractivity contribution in [2.24, 2.45) is 0 Å². The van der Waals surface area contributed by atoms with Crippen LogP contribution in [0, 0.1) is 13.8 Å². The molecule has 1 heterocycles. The minimum absolute atomic E-state index is 0.000180. The van der Waals surface area contributed by atoms with Crippen molar-refractivity contribution in [3.05, 3.63) is 22.5 Å². The summed E-state index contributed by atoms with van der Waals surface area (Å²) in [5.41, 5.74) is 3.25. The van der Waals surface area contributed by atoms with Crippen LogP contribution in [0.3, 0.4) is 0 Å². The van der Waals surface area contributed by atoms with Gasteiger partial charge in [-0.25, -0.2) is 0 Å². The molecule has 2 N–H and O–H groups in total. The Bertz CT molecular complexity index is 462. The maximum absolute atomic E-state index is 11.9. The summed E-state index contributed by atoms with van der Waals surface area (Å²) in [5, 5.41) is 2.93. The number of carbonyl (C=O) groups excluding carboxylic acids is 2. The van der Waals surface area contributed by atoms with E-state index in [4.69, 9.17) is 0 Å². The van der Waals surface area contributed by atoms with Crippen LogP contribution in [0.4, 0.5) is 0 Å². The number of carbonyl (C=O) groups is 2. The van der Waals surface area contributed by atoms with Gasteiger partial charge < -0.3 is 15.2 Å². The fraction of sp³-hybridized carbons (Fsp3) is 0.600. The minimum atomic E-state index is -0.000180. The van der Waals surface area contributed by atoms with Gasteiger partial charge in [-0.2, -0.15) is 0 Å². The largest absolute Gasteiger partial charge is 0.356 e. The molecule has 0 saturated carbocycles. The van der Waals surface area contributed by atoms with E-state index in [0.717, 1.165) is 42.7 Å². The van der Waals surface area contributed by atoms with Crippen LogP contribution in [0.15, 0.2) is 0 Å². The normalized spacial score (nSPS) is 10.8. The molecular weight excluding hydrogens is 254 g/mol. The summed E-state index contributed by atoms with van der Waals surface area (Å²) in [6.07, 6.45) is 1.12. The Hall–Kier alpha value is -1.62. The Morgan fingerprint density at radius 3 is 2.45 bits per heavy atom. The molecule has 0 saturated heterocycles. The Labute approximate surface area is 120 Å². The van der Waals surface area contributed by atoms with E-state index < -0.39 is 0 Å². The van der Waals surface area contributed by atoms with Crippen molar-refractivity contribution in [1.29, 1.82) is 0 Å². The first-order chi connectivity index (χ1) is 9.53. The van der Waals surface area contributed by atoms with E-state index in [1.807, 2.05) is 13.8 Å². The molecule has 0 fully saturated rings. The lowest BCUT2D eigenvalue weighted by atomic mass is 10.1. The van der Waals surface area contributed by atoms with Gasteiger partial charge in [-0.15, -0.1) is 0 Å². The predicted octanol–water partition coefficient (Wildman–Crippen LogP) is 1.44. The lowest BCUT2D eigenvalue weighted by molar-refractivity contribution is -0.120. The molecule has 0 atom stereocenters. The third-order valence-corrected chi connectivity index (χ3v) is 3.73. The summed E-state index contributed by atoms with van der Waals surface area (Å²) in [6, 6.07) is 0. The number of likely N-dealkylation sites (N-methyl/N-ethyl adjacent to an activating group) is 1. The van der Waals surface area contributed by atoms with E-state index in [1.54, 1.807) is 0 Å². The van der Waals surface area contributed by atoms with E-state index in [-0.39, 0.29) is 5.91 Å². The summed E-state index contributed by atoms with van der Waals surface area (Å²) in [5.74, 6) is -0.000180. The maximum atomic E-state index is 11.9. The molecule has 5 nitrogen and oxygen atoms in total. The van der Waals surface area contributed by atoms with E-state index >= 15 is 0 Å². The van der Waals surface area contributed by atoms with Gasteiger partial charge in [-0.1, -0.05) is 13.8 Å². The van der Waals surface area contributed by atoms with Gasteiger partial charge in [-0.05, 0) is 38.1 Å². The van der Waals surface area contributed by atoms with Gasteiger partial charge in [0.2, 0.25) is 5.91 Å². The fourth-order valence-electron chi connectivity index (χ4n) is 2.31. The van der Waals surface area contributed by atoms with E-state index in [0.29, 0.717) is 18.7 Å². The summed E-state index contributed by atoms with van der Waals surface area (Å²) >= 11 is 0. The summed E-state index contributed by atoms with van der Waals surface area (Å²) < 4.78 is 0. The zero-order chi connectivity index (χ0) is 15.1. The van der Waals surface area contributed by atoms with Gasteiger partial charge in [0.05, 0.1) is 12.1 Å². The zero-order valence-corrected chi connectivity index (χ0v) is 12.9. The highest BCUT2D eigenvalue weighted by Crippen LogP contribution is 2.16. The quantitative estimate of drug-likeness (QED) is 0.708. The third kappa shape index (κ3) is 4.20. The lowest BCUT2D eigenvalue weighted by Gasteiger charge is -2.18. The van der Waals surface area contributed by atoms with Gasteiger partial charge in [0, 0.05) is 18.8 Å². The lowest BCUT2D eigenvalue weighted by Crippen LogP contribution is -2.35. The van der Waals surface area contributed by atoms with Gasteiger partial charge in [-0.3, -0.25) is 9.59 Å². The number of aldehydes is 1. The van der Waals surface area contributed by atoms with Crippen molar-refractivity contribution in [1.82, 2.24) is 15.2 Å². The SMILES string of the molecule is CCN(CC)CCNC(=O)Cc1c(C)[nH]c(C=O)c1C. The van der Waals surface area contributed by atoms with Crippen LogP contribution in [-0.4, -0.2) is 48.3 Å². The molecule has 0 aliphatic carbocycles. The summed E-state index contributed by atoms with van der Waals surface area (Å²) in [4.78, 5) is 28.1. The fourth-order valence-corrected chi connectivity index (χ4v) is 2.31. The van der Waals surface area contributed by atoms with Gasteiger partial charge in [0.25, 0.3) is 0 Å². The summed E-state index contributed by atoms with van der Waals surface area (Å²) in [7, 11) is 0. The first-order valence-corrected chi connectivity index (χ1v) is 7.15. The predicted molar refractivity (Wildman–Crippen MR) is 80.2 cm³/mol. The second kappa shape index (κ2) is 7.85. The maximum Gasteiger partial charge on any atom is 0.224 e. The second-order valence-corrected chi connectivity index (χ2v) is 4.94. The first-order valence-electron chi connectivity index (χ1n) is 7.15. The van der Waals surface area contributed by atoms with Crippen LogP contribution in [0.25, 0.3) is 0 Å². The molecule has 1 amide bonds. The van der Waals surface area contributed by atoms with Crippen molar-refractivity contribution in [2.45, 2.75) is 34.1 Å². The monoisotopic (exact) mass is 279 g/mol. The number of hydrogen-bond acceptors (Lipinski definition) is 3. The Morgan fingerprint density at radius 2 is 1.95 bits per heavy atom. The molecule has 0 unspecified atom stereocenters. The number of H-pyrrole nitrogens is 1. The molecule has 20 heavy (non-hydrogen) atoms. The van der Waals surface area contributed by atoms with E-state index in [1.165, 1.54) is 0 Å². The number of nitrogens with zero attached hydrogens (tertiary/aromatic N) is 1. The summed E-state index contributed by atoms with van der Waals surface area (Å²) in [6.45, 7) is 11.5. The van der Waals surface area contributed by atoms with Crippen molar-refractivity contribution in [2.75, 3.05) is 26.2 Å². The molecule has 1 aromatic rings. The van der Waals surface area contributed by atoms with Crippen LogP contribution in [0.1, 0.15) is 41.2 Å². The van der Waals surface area contributed by atoms with Crippen LogP contribution in [0.2, 0.25) is 0 Å². The second-order valence-electron chi connectivity index (χ2n) is 4.94. The standard InChI is InChI=1S/C15H25N3O2/c1-5-18(6-2)8-7-16-15(20)9-13-11(3)14(10-19)17-12(13)4/h10,17H,5-9H2,1-4H3,(H,16,20). The van der Waals surface area contributed by atoms with Crippen molar-refractivity contribution >= 4 is 12.2 Å². The van der Waals surface area contributed by atoms with Crippen LogP contribution < -0.4 is 5.32 Å². The zero-order valence-electron chi connectivity index (χ0n) is 12.9. The molecule has 0 aliphatic heterocycles. The van der Waals surface area contributed by atoms with Crippen LogP contribution >= 0.6 is 0 Å². The number of aromatic amines is 1. The van der Waals surface area contributed by atoms with Crippen molar-refractivity contribution in [3.8, 4) is 0 Å². The Kier molecular flexibility index (Phi) is 6.45. The van der Waals surface area contributed by atoms with Crippen LogP contribution in [0.5, 0.6) is 0 Å². The molecule has 0 spiro atoms. The number of aromatic nitrogens is 1. The molecule has 5 heteroatoms. The number of aryl methyl sites for hydroxylation is 1. The smallest absolute Gasteiger partial charge is 0.224 e. The van der Waals surface area contributed by atoms with E-state index in [2.05, 4.69) is 29.0 Å². The molecule has 0 bridgehead atoms. The number of nitrogens with one attached hydrogen (secondary N) is 2. The highest BCUT2D eigenvalue weighted by Gasteiger charge is 2.14. The molecule has 0 aliphatic rings. The average Bonchev–Trinajstić information content (AvgIpc) is 2.71. The highest BCUT2D eigenvalue weighted by molar-refractivity contribution is 5.82. The highest BCUT2D eigenvalue weighted by atomic mass is 16.1. The van der Waals surface area contributed by atoms with E-state index in [9.17, 15) is 9.59 Å². The van der Waals surface area contributed by atoms with Gasteiger partial charge >= 0.3 is 0 Å². The number of rotatable bonds is 8. The molecule has 1 aromatic heterocycles. The third-order valence-electron chi connectivity index (χ3n) is 3.73. The Morgan fingerprint density at radius 1 is 1.30 bits per heavy atom. The van der Waals surface area contributed by atoms with Gasteiger partial charge in [0.1, 0.15) is 0 Å².